The van der Waals surface area contributed by atoms with Gasteiger partial charge < -0.3 is 0 Å². The molecule has 0 spiro atoms. The Bertz CT molecular complexity index is 835. The highest BCUT2D eigenvalue weighted by molar-refractivity contribution is 5.66. The number of benzene rings is 2. The third kappa shape index (κ3) is 3.07. The van der Waals surface area contributed by atoms with E-state index < -0.39 is 9.85 Å². The van der Waals surface area contributed by atoms with Gasteiger partial charge in [0.15, 0.2) is 0 Å². The summed E-state index contributed by atoms with van der Waals surface area (Å²) in [6.45, 7) is 0. The van der Waals surface area contributed by atoms with Crippen molar-refractivity contribution in [1.29, 1.82) is 0 Å². The van der Waals surface area contributed by atoms with Gasteiger partial charge in [0.25, 0.3) is 11.4 Å². The molecule has 3 rings (SSSR count). The lowest BCUT2D eigenvalue weighted by Gasteiger charge is -2.04. The molecule has 24 heavy (non-hydrogen) atoms. The van der Waals surface area contributed by atoms with Gasteiger partial charge in [0, 0.05) is 35.4 Å². The number of nitrogens with zero attached hydrogens (tertiary/aromatic N) is 4. The first-order chi connectivity index (χ1) is 11.5. The molecule has 0 aliphatic rings. The average Bonchev–Trinajstić information content (AvgIpc) is 2.62. The second-order valence-corrected chi connectivity index (χ2v) is 4.90. The molecular formula is C16H10N4O4. The molecule has 0 bridgehead atoms. The highest BCUT2D eigenvalue weighted by Crippen LogP contribution is 2.24. The fraction of sp³-hybridized carbons (Fsp3) is 0. The molecule has 0 aliphatic carbocycles. The van der Waals surface area contributed by atoms with Gasteiger partial charge in [-0.15, -0.1) is 0 Å². The van der Waals surface area contributed by atoms with Gasteiger partial charge in [-0.1, -0.05) is 0 Å². The van der Waals surface area contributed by atoms with Crippen LogP contribution in [0.25, 0.3) is 22.5 Å². The molecule has 0 fully saturated rings. The highest BCUT2D eigenvalue weighted by Gasteiger charge is 2.09. The van der Waals surface area contributed by atoms with E-state index in [0.29, 0.717) is 22.5 Å². The van der Waals surface area contributed by atoms with Crippen LogP contribution in [-0.4, -0.2) is 19.8 Å². The third-order valence-corrected chi connectivity index (χ3v) is 3.38. The van der Waals surface area contributed by atoms with Crippen LogP contribution in [0.1, 0.15) is 0 Å². The van der Waals surface area contributed by atoms with Gasteiger partial charge in [-0.3, -0.25) is 25.2 Å². The zero-order valence-corrected chi connectivity index (χ0v) is 12.2. The Morgan fingerprint density at radius 2 is 1.04 bits per heavy atom. The van der Waals surface area contributed by atoms with Crippen molar-refractivity contribution in [3.63, 3.8) is 0 Å². The van der Waals surface area contributed by atoms with Crippen LogP contribution < -0.4 is 0 Å². The van der Waals surface area contributed by atoms with E-state index in [-0.39, 0.29) is 11.4 Å². The minimum Gasteiger partial charge on any atom is -0.260 e. The predicted molar refractivity (Wildman–Crippen MR) is 86.2 cm³/mol. The van der Waals surface area contributed by atoms with Crippen LogP contribution >= 0.6 is 0 Å². The lowest BCUT2D eigenvalue weighted by molar-refractivity contribution is -0.385. The van der Waals surface area contributed by atoms with Gasteiger partial charge in [0.2, 0.25) is 0 Å². The van der Waals surface area contributed by atoms with Crippen LogP contribution in [0.3, 0.4) is 0 Å². The summed E-state index contributed by atoms with van der Waals surface area (Å²) in [4.78, 5) is 29.0. The van der Waals surface area contributed by atoms with Crippen LogP contribution in [0.5, 0.6) is 0 Å². The predicted octanol–water partition coefficient (Wildman–Crippen LogP) is 3.63. The standard InChI is InChI=1S/C16H10N4O4/c21-19(22)13-5-1-11(2-6-13)15-9-17-10-16(18-15)12-3-7-14(8-4-12)20(23)24/h1-10H. The average molecular weight is 322 g/mol. The highest BCUT2D eigenvalue weighted by atomic mass is 16.6. The van der Waals surface area contributed by atoms with Gasteiger partial charge in [0.1, 0.15) is 0 Å². The Balaban J connectivity index is 1.94. The van der Waals surface area contributed by atoms with E-state index in [1.165, 1.54) is 24.3 Å². The second-order valence-electron chi connectivity index (χ2n) is 4.90. The molecule has 1 aromatic heterocycles. The third-order valence-electron chi connectivity index (χ3n) is 3.38. The van der Waals surface area contributed by atoms with Gasteiger partial charge in [-0.25, -0.2) is 4.98 Å². The summed E-state index contributed by atoms with van der Waals surface area (Å²) in [5.74, 6) is 0. The lowest BCUT2D eigenvalue weighted by Crippen LogP contribution is -1.92. The number of nitro benzene ring substituents is 2. The maximum absolute atomic E-state index is 10.7. The smallest absolute Gasteiger partial charge is 0.260 e. The van der Waals surface area contributed by atoms with Gasteiger partial charge in [-0.2, -0.15) is 0 Å². The molecule has 0 saturated carbocycles. The number of aromatic nitrogens is 2. The largest absolute Gasteiger partial charge is 0.269 e. The zero-order valence-electron chi connectivity index (χ0n) is 12.2. The Hall–Kier alpha value is -3.68. The quantitative estimate of drug-likeness (QED) is 0.535. The Labute approximate surface area is 135 Å². The molecule has 0 aliphatic heterocycles. The molecule has 0 unspecified atom stereocenters. The van der Waals surface area contributed by atoms with E-state index in [0.717, 1.165) is 0 Å². The van der Waals surface area contributed by atoms with E-state index in [1.807, 2.05) is 0 Å². The molecule has 8 heteroatoms. The normalized spacial score (nSPS) is 10.3. The van der Waals surface area contributed by atoms with Crippen LogP contribution in [0.15, 0.2) is 60.9 Å². The van der Waals surface area contributed by atoms with Crippen LogP contribution in [0.4, 0.5) is 11.4 Å². The van der Waals surface area contributed by atoms with Crippen molar-refractivity contribution in [3.05, 3.63) is 81.2 Å². The number of nitro groups is 2. The van der Waals surface area contributed by atoms with E-state index in [2.05, 4.69) is 9.97 Å². The molecule has 0 saturated heterocycles. The van der Waals surface area contributed by atoms with Gasteiger partial charge in [0.05, 0.1) is 33.6 Å². The van der Waals surface area contributed by atoms with Crippen molar-refractivity contribution in [3.8, 4) is 22.5 Å². The summed E-state index contributed by atoms with van der Waals surface area (Å²) in [6.07, 6.45) is 3.10. The molecule has 118 valence electrons. The topological polar surface area (TPSA) is 112 Å². The van der Waals surface area contributed by atoms with Crippen LogP contribution in [0.2, 0.25) is 0 Å². The summed E-state index contributed by atoms with van der Waals surface area (Å²) in [6, 6.07) is 12.0. The van der Waals surface area contributed by atoms with Crippen molar-refractivity contribution in [2.45, 2.75) is 0 Å². The summed E-state index contributed by atoms with van der Waals surface area (Å²) in [5, 5.41) is 21.4. The lowest BCUT2D eigenvalue weighted by atomic mass is 10.1. The van der Waals surface area contributed by atoms with Crippen molar-refractivity contribution in [2.24, 2.45) is 0 Å². The van der Waals surface area contributed by atoms with Crippen molar-refractivity contribution in [1.82, 2.24) is 9.97 Å². The fourth-order valence-corrected chi connectivity index (χ4v) is 2.15. The first-order valence-electron chi connectivity index (χ1n) is 6.86. The first kappa shape index (κ1) is 15.2. The monoisotopic (exact) mass is 322 g/mol. The molecule has 2 aromatic carbocycles. The summed E-state index contributed by atoms with van der Waals surface area (Å²) < 4.78 is 0. The summed E-state index contributed by atoms with van der Waals surface area (Å²) in [7, 11) is 0. The van der Waals surface area contributed by atoms with Crippen molar-refractivity contribution < 1.29 is 9.85 Å². The van der Waals surface area contributed by atoms with E-state index in [4.69, 9.17) is 0 Å². The molecule has 0 amide bonds. The van der Waals surface area contributed by atoms with Crippen LogP contribution in [-0.2, 0) is 0 Å². The Morgan fingerprint density at radius 1 is 0.667 bits per heavy atom. The van der Waals surface area contributed by atoms with Gasteiger partial charge in [-0.05, 0) is 24.3 Å². The molecule has 0 atom stereocenters. The molecule has 0 radical (unpaired) electrons. The van der Waals surface area contributed by atoms with Gasteiger partial charge >= 0.3 is 0 Å². The maximum Gasteiger partial charge on any atom is 0.269 e. The first-order valence-corrected chi connectivity index (χ1v) is 6.86. The summed E-state index contributed by atoms with van der Waals surface area (Å²) in [5.41, 5.74) is 2.49. The van der Waals surface area contributed by atoms with Crippen molar-refractivity contribution in [2.75, 3.05) is 0 Å². The number of non-ortho nitro benzene ring substituents is 2. The van der Waals surface area contributed by atoms with Crippen molar-refractivity contribution >= 4 is 11.4 Å². The molecule has 1 heterocycles. The molecule has 0 N–H and O–H groups in total. The molecule has 8 nitrogen and oxygen atoms in total. The maximum atomic E-state index is 10.7. The Morgan fingerprint density at radius 3 is 1.38 bits per heavy atom. The SMILES string of the molecule is O=[N+]([O-])c1ccc(-c2cncc(-c3ccc([N+](=O)[O-])cc3)n2)cc1. The van der Waals surface area contributed by atoms with E-state index in [1.54, 1.807) is 36.7 Å². The fourth-order valence-electron chi connectivity index (χ4n) is 2.15. The minimum atomic E-state index is -0.469. The number of hydrogen-bond acceptors (Lipinski definition) is 6. The molecular weight excluding hydrogens is 312 g/mol. The van der Waals surface area contributed by atoms with E-state index >= 15 is 0 Å². The zero-order chi connectivity index (χ0) is 17.1. The second kappa shape index (κ2) is 6.21. The number of hydrogen-bond donors (Lipinski definition) is 0. The Kier molecular flexibility index (Phi) is 3.94. The van der Waals surface area contributed by atoms with E-state index in [9.17, 15) is 20.2 Å². The van der Waals surface area contributed by atoms with Crippen LogP contribution in [0, 0.1) is 20.2 Å². The number of rotatable bonds is 4. The summed E-state index contributed by atoms with van der Waals surface area (Å²) >= 11 is 0. The molecule has 3 aromatic rings. The minimum absolute atomic E-state index is 0.00164.